The average molecular weight is 186 g/mol. The number of thiol groups is 1. The summed E-state index contributed by atoms with van der Waals surface area (Å²) in [6, 6.07) is 0. The number of hydrogen-bond donors (Lipinski definition) is 3. The number of nitrogens with one attached hydrogen (secondary N) is 2. The molecule has 3 atom stereocenters. The van der Waals surface area contributed by atoms with Crippen LogP contribution in [0.3, 0.4) is 0 Å². The molecule has 0 aromatic rings. The molecule has 0 aromatic heterocycles. The first kappa shape index (κ1) is 8.85. The van der Waals surface area contributed by atoms with Gasteiger partial charge in [0, 0.05) is 11.3 Å². The third-order valence-corrected chi connectivity index (χ3v) is 3.43. The maximum absolute atomic E-state index is 4.68. The molecule has 3 heteroatoms. The Kier molecular flexibility index (Phi) is 2.36. The van der Waals surface area contributed by atoms with E-state index < -0.39 is 0 Å². The Labute approximate surface area is 79.9 Å². The Morgan fingerprint density at radius 2 is 1.83 bits per heavy atom. The highest BCUT2D eigenvalue weighted by Crippen LogP contribution is 2.31. The topological polar surface area (TPSA) is 24.1 Å². The fourth-order valence-electron chi connectivity index (χ4n) is 2.43. The van der Waals surface area contributed by atoms with Crippen LogP contribution in [0, 0.1) is 11.8 Å². The average Bonchev–Trinajstić information content (AvgIpc) is 2.31. The van der Waals surface area contributed by atoms with Crippen molar-refractivity contribution in [2.75, 3.05) is 26.2 Å². The Bertz CT molecular complexity index is 170. The van der Waals surface area contributed by atoms with E-state index in [1.165, 1.54) is 26.1 Å². The highest BCUT2D eigenvalue weighted by atomic mass is 32.1. The highest BCUT2D eigenvalue weighted by Gasteiger charge is 2.35. The van der Waals surface area contributed by atoms with Crippen molar-refractivity contribution in [1.29, 1.82) is 0 Å². The molecule has 2 N–H and O–H groups in total. The van der Waals surface area contributed by atoms with Gasteiger partial charge in [0.1, 0.15) is 0 Å². The van der Waals surface area contributed by atoms with E-state index in [0.717, 1.165) is 18.4 Å². The van der Waals surface area contributed by atoms with E-state index in [2.05, 4.69) is 30.2 Å². The molecule has 2 nitrogen and oxygen atoms in total. The first-order valence-corrected chi connectivity index (χ1v) is 5.26. The predicted molar refractivity (Wildman–Crippen MR) is 54.7 cm³/mol. The molecule has 0 bridgehead atoms. The molecular formula is C9H18N2S. The van der Waals surface area contributed by atoms with Crippen LogP contribution in [0.4, 0.5) is 0 Å². The zero-order valence-electron chi connectivity index (χ0n) is 7.64. The molecule has 0 spiro atoms. The largest absolute Gasteiger partial charge is 0.316 e. The maximum atomic E-state index is 4.68. The van der Waals surface area contributed by atoms with Gasteiger partial charge in [0.15, 0.2) is 0 Å². The zero-order valence-corrected chi connectivity index (χ0v) is 8.53. The van der Waals surface area contributed by atoms with Crippen LogP contribution in [0.15, 0.2) is 0 Å². The van der Waals surface area contributed by atoms with Gasteiger partial charge < -0.3 is 10.6 Å². The van der Waals surface area contributed by atoms with Crippen molar-refractivity contribution in [3.63, 3.8) is 0 Å². The van der Waals surface area contributed by atoms with Gasteiger partial charge in [-0.3, -0.25) is 0 Å². The zero-order chi connectivity index (χ0) is 8.60. The summed E-state index contributed by atoms with van der Waals surface area (Å²) in [4.78, 5) is 0. The van der Waals surface area contributed by atoms with Gasteiger partial charge in [-0.15, -0.1) is 0 Å². The Balaban J connectivity index is 2.04. The smallest absolute Gasteiger partial charge is 0.0229 e. The van der Waals surface area contributed by atoms with Crippen LogP contribution < -0.4 is 10.6 Å². The molecule has 2 saturated heterocycles. The van der Waals surface area contributed by atoms with Crippen LogP contribution in [-0.4, -0.2) is 30.9 Å². The van der Waals surface area contributed by atoms with Crippen molar-refractivity contribution in [2.24, 2.45) is 11.8 Å². The molecule has 12 heavy (non-hydrogen) atoms. The van der Waals surface area contributed by atoms with E-state index in [-0.39, 0.29) is 4.75 Å². The Morgan fingerprint density at radius 3 is 2.67 bits per heavy atom. The lowest BCUT2D eigenvalue weighted by Crippen LogP contribution is -2.32. The van der Waals surface area contributed by atoms with E-state index in [4.69, 9.17) is 0 Å². The molecule has 2 rings (SSSR count). The van der Waals surface area contributed by atoms with Crippen LogP contribution in [-0.2, 0) is 0 Å². The van der Waals surface area contributed by atoms with E-state index in [0.29, 0.717) is 0 Å². The molecule has 2 aliphatic heterocycles. The summed E-state index contributed by atoms with van der Waals surface area (Å²) in [5.41, 5.74) is 0. The highest BCUT2D eigenvalue weighted by molar-refractivity contribution is 7.81. The van der Waals surface area contributed by atoms with Crippen LogP contribution in [0.5, 0.6) is 0 Å². The van der Waals surface area contributed by atoms with Gasteiger partial charge in [0.25, 0.3) is 0 Å². The molecule has 2 fully saturated rings. The molecule has 0 aromatic carbocycles. The lowest BCUT2D eigenvalue weighted by atomic mass is 9.89. The van der Waals surface area contributed by atoms with Crippen molar-refractivity contribution in [1.82, 2.24) is 10.6 Å². The summed E-state index contributed by atoms with van der Waals surface area (Å²) in [5, 5.41) is 6.95. The second-order valence-corrected chi connectivity index (χ2v) is 5.59. The lowest BCUT2D eigenvalue weighted by Gasteiger charge is -2.24. The van der Waals surface area contributed by atoms with Gasteiger partial charge in [0.2, 0.25) is 0 Å². The fourth-order valence-corrected chi connectivity index (χ4v) is 2.78. The van der Waals surface area contributed by atoms with E-state index in [1.807, 2.05) is 0 Å². The third-order valence-electron chi connectivity index (χ3n) is 3.09. The molecule has 0 amide bonds. The van der Waals surface area contributed by atoms with Gasteiger partial charge in [-0.25, -0.2) is 0 Å². The quantitative estimate of drug-likeness (QED) is 0.480. The molecule has 2 aliphatic rings. The standard InChI is InChI=1S/C9H18N2S/c1-9(12)2-7-3-10-4-8(7)5-11-6-9/h7-8,10-12H,2-6H2,1H3. The van der Waals surface area contributed by atoms with Gasteiger partial charge >= 0.3 is 0 Å². The van der Waals surface area contributed by atoms with E-state index in [1.54, 1.807) is 0 Å². The van der Waals surface area contributed by atoms with Crippen molar-refractivity contribution in [2.45, 2.75) is 18.1 Å². The molecule has 2 heterocycles. The third kappa shape index (κ3) is 1.78. The molecular weight excluding hydrogens is 168 g/mol. The summed E-state index contributed by atoms with van der Waals surface area (Å²) in [6.45, 7) is 6.87. The maximum Gasteiger partial charge on any atom is 0.0229 e. The minimum absolute atomic E-state index is 0.200. The summed E-state index contributed by atoms with van der Waals surface area (Å²) in [6.07, 6.45) is 1.25. The van der Waals surface area contributed by atoms with Gasteiger partial charge in [0.05, 0.1) is 0 Å². The monoisotopic (exact) mass is 186 g/mol. The summed E-state index contributed by atoms with van der Waals surface area (Å²) >= 11 is 4.68. The summed E-state index contributed by atoms with van der Waals surface area (Å²) < 4.78 is 0.200. The van der Waals surface area contributed by atoms with Crippen LogP contribution in [0.2, 0.25) is 0 Å². The number of hydrogen-bond acceptors (Lipinski definition) is 3. The van der Waals surface area contributed by atoms with Crippen molar-refractivity contribution in [3.05, 3.63) is 0 Å². The molecule has 3 unspecified atom stereocenters. The second kappa shape index (κ2) is 3.20. The van der Waals surface area contributed by atoms with Crippen molar-refractivity contribution >= 4 is 12.6 Å². The number of rotatable bonds is 0. The minimum Gasteiger partial charge on any atom is -0.316 e. The van der Waals surface area contributed by atoms with Gasteiger partial charge in [-0.2, -0.15) is 12.6 Å². The van der Waals surface area contributed by atoms with Crippen LogP contribution in [0.25, 0.3) is 0 Å². The van der Waals surface area contributed by atoms with E-state index >= 15 is 0 Å². The van der Waals surface area contributed by atoms with Crippen molar-refractivity contribution in [3.8, 4) is 0 Å². The first-order chi connectivity index (χ1) is 5.67. The Morgan fingerprint density at radius 1 is 1.17 bits per heavy atom. The Hall–Kier alpha value is 0.270. The normalized spacial score (nSPS) is 48.5. The second-order valence-electron chi connectivity index (χ2n) is 4.51. The minimum atomic E-state index is 0.200. The summed E-state index contributed by atoms with van der Waals surface area (Å²) in [5.74, 6) is 1.70. The van der Waals surface area contributed by atoms with Gasteiger partial charge in [-0.05, 0) is 44.8 Å². The molecule has 70 valence electrons. The fraction of sp³-hybridized carbons (Fsp3) is 1.00. The van der Waals surface area contributed by atoms with Crippen LogP contribution >= 0.6 is 12.6 Å². The molecule has 0 saturated carbocycles. The van der Waals surface area contributed by atoms with Crippen LogP contribution in [0.1, 0.15) is 13.3 Å². The van der Waals surface area contributed by atoms with Crippen molar-refractivity contribution < 1.29 is 0 Å². The predicted octanol–water partition coefficient (Wildman–Crippen LogP) is 0.504. The SMILES string of the molecule is CC1(S)CNCC2CNCC2C1. The van der Waals surface area contributed by atoms with Gasteiger partial charge in [-0.1, -0.05) is 0 Å². The lowest BCUT2D eigenvalue weighted by molar-refractivity contribution is 0.397. The molecule has 0 radical (unpaired) electrons. The first-order valence-electron chi connectivity index (χ1n) is 4.81. The molecule has 0 aliphatic carbocycles. The van der Waals surface area contributed by atoms with E-state index in [9.17, 15) is 0 Å². The number of fused-ring (bicyclic) bond motifs is 1. The summed E-state index contributed by atoms with van der Waals surface area (Å²) in [7, 11) is 0.